The summed E-state index contributed by atoms with van der Waals surface area (Å²) < 4.78 is 1.57. The van der Waals surface area contributed by atoms with Crippen molar-refractivity contribution in [2.45, 2.75) is 33.0 Å². The summed E-state index contributed by atoms with van der Waals surface area (Å²) in [6.45, 7) is 5.01. The second-order valence-corrected chi connectivity index (χ2v) is 9.82. The van der Waals surface area contributed by atoms with Gasteiger partial charge in [-0.1, -0.05) is 35.3 Å². The van der Waals surface area contributed by atoms with Gasteiger partial charge in [0.15, 0.2) is 5.69 Å². The maximum absolute atomic E-state index is 13.5. The predicted molar refractivity (Wildman–Crippen MR) is 141 cm³/mol. The van der Waals surface area contributed by atoms with E-state index in [1.807, 2.05) is 44.2 Å². The lowest BCUT2D eigenvalue weighted by Gasteiger charge is -2.23. The number of aromatic carboxylic acids is 1. The Kier molecular flexibility index (Phi) is 6.10. The molecule has 184 valence electrons. The molecule has 2 N–H and O–H groups in total. The first-order valence-corrected chi connectivity index (χ1v) is 12.1. The summed E-state index contributed by atoms with van der Waals surface area (Å²) in [6, 6.07) is 12.3. The number of carbonyl (C=O) groups is 1. The van der Waals surface area contributed by atoms with Gasteiger partial charge in [0.2, 0.25) is 5.95 Å². The van der Waals surface area contributed by atoms with Crippen molar-refractivity contribution in [2.75, 3.05) is 10.2 Å². The van der Waals surface area contributed by atoms with Crippen LogP contribution in [0.5, 0.6) is 0 Å². The van der Waals surface area contributed by atoms with Gasteiger partial charge in [0.05, 0.1) is 22.6 Å². The number of nitrogens with zero attached hydrogens (tertiary/aromatic N) is 4. The maximum atomic E-state index is 13.5. The molecule has 1 atom stereocenters. The van der Waals surface area contributed by atoms with Crippen LogP contribution in [0.25, 0.3) is 10.9 Å². The van der Waals surface area contributed by atoms with Crippen LogP contribution in [0.2, 0.25) is 10.2 Å². The van der Waals surface area contributed by atoms with Crippen molar-refractivity contribution in [1.29, 1.82) is 0 Å². The van der Waals surface area contributed by atoms with Crippen LogP contribution in [0.1, 0.15) is 45.7 Å². The second-order valence-electron chi connectivity index (χ2n) is 9.00. The molecule has 2 aromatic heterocycles. The Hall–Kier alpha value is -3.62. The Bertz CT molecular complexity index is 1600. The molecular weight excluding hydrogens is 501 g/mol. The highest BCUT2D eigenvalue weighted by molar-refractivity contribution is 6.30. The minimum Gasteiger partial charge on any atom is -0.476 e. The number of aryl methyl sites for hydroxylation is 1. The van der Waals surface area contributed by atoms with Gasteiger partial charge >= 0.3 is 5.97 Å². The Morgan fingerprint density at radius 2 is 1.83 bits per heavy atom. The first-order chi connectivity index (χ1) is 17.1. The van der Waals surface area contributed by atoms with E-state index in [4.69, 9.17) is 28.2 Å². The SMILES string of the molecule is Cc1cc([C@@H](C)Nc2ccc(Cl)nc2C(=O)O)c2nc(N3Cc4ccc(Cl)cc4C3)n(C)c(=O)c2c1. The van der Waals surface area contributed by atoms with Crippen molar-refractivity contribution < 1.29 is 9.90 Å². The maximum Gasteiger partial charge on any atom is 0.356 e. The fraction of sp³-hybridized carbons (Fsp3) is 0.231. The normalized spacial score (nSPS) is 13.6. The van der Waals surface area contributed by atoms with Gasteiger partial charge in [-0.2, -0.15) is 0 Å². The number of hydrogen-bond donors (Lipinski definition) is 2. The number of rotatable bonds is 5. The third-order valence-corrected chi connectivity index (χ3v) is 6.85. The molecule has 0 amide bonds. The van der Waals surface area contributed by atoms with E-state index in [1.54, 1.807) is 17.7 Å². The number of hydrogen-bond acceptors (Lipinski definition) is 6. The molecule has 1 aliphatic heterocycles. The third kappa shape index (κ3) is 4.27. The summed E-state index contributed by atoms with van der Waals surface area (Å²) >= 11 is 12.1. The van der Waals surface area contributed by atoms with Crippen LogP contribution in [0.3, 0.4) is 0 Å². The molecule has 0 aliphatic carbocycles. The summed E-state index contributed by atoms with van der Waals surface area (Å²) in [5.74, 6) is -0.638. The van der Waals surface area contributed by atoms with Crippen LogP contribution in [0, 0.1) is 6.92 Å². The van der Waals surface area contributed by atoms with E-state index in [-0.39, 0.29) is 22.4 Å². The molecule has 2 aromatic carbocycles. The van der Waals surface area contributed by atoms with Crippen molar-refractivity contribution in [1.82, 2.24) is 14.5 Å². The van der Waals surface area contributed by atoms with Crippen molar-refractivity contribution in [3.05, 3.63) is 90.9 Å². The molecule has 36 heavy (non-hydrogen) atoms. The number of anilines is 2. The van der Waals surface area contributed by atoms with Crippen LogP contribution in [-0.2, 0) is 20.1 Å². The minimum absolute atomic E-state index is 0.0920. The summed E-state index contributed by atoms with van der Waals surface area (Å²) in [5, 5.41) is 14.1. The Labute approximate surface area is 217 Å². The number of nitrogens with one attached hydrogen (secondary N) is 1. The van der Waals surface area contributed by atoms with E-state index in [0.29, 0.717) is 40.7 Å². The number of halogens is 2. The lowest BCUT2D eigenvalue weighted by Crippen LogP contribution is -2.28. The van der Waals surface area contributed by atoms with E-state index < -0.39 is 5.97 Å². The summed E-state index contributed by atoms with van der Waals surface area (Å²) in [7, 11) is 1.72. The van der Waals surface area contributed by atoms with E-state index >= 15 is 0 Å². The fourth-order valence-corrected chi connectivity index (χ4v) is 5.03. The van der Waals surface area contributed by atoms with Crippen LogP contribution < -0.4 is 15.8 Å². The van der Waals surface area contributed by atoms with Gasteiger partial charge < -0.3 is 15.3 Å². The van der Waals surface area contributed by atoms with Gasteiger partial charge in [-0.3, -0.25) is 9.36 Å². The number of fused-ring (bicyclic) bond motifs is 2. The Balaban J connectivity index is 1.60. The van der Waals surface area contributed by atoms with Crippen LogP contribution in [0.4, 0.5) is 11.6 Å². The topological polar surface area (TPSA) is 100 Å². The van der Waals surface area contributed by atoms with Gasteiger partial charge in [-0.25, -0.2) is 14.8 Å². The molecule has 0 radical (unpaired) electrons. The number of benzene rings is 2. The van der Waals surface area contributed by atoms with Gasteiger partial charge in [-0.15, -0.1) is 0 Å². The van der Waals surface area contributed by atoms with E-state index in [2.05, 4.69) is 15.2 Å². The van der Waals surface area contributed by atoms with Crippen molar-refractivity contribution in [3.63, 3.8) is 0 Å². The average Bonchev–Trinajstić information content (AvgIpc) is 3.25. The van der Waals surface area contributed by atoms with Crippen LogP contribution in [0.15, 0.2) is 47.3 Å². The highest BCUT2D eigenvalue weighted by atomic mass is 35.5. The molecule has 0 saturated heterocycles. The predicted octanol–water partition coefficient (Wildman–Crippen LogP) is 5.34. The largest absolute Gasteiger partial charge is 0.476 e. The molecule has 4 aromatic rings. The lowest BCUT2D eigenvalue weighted by atomic mass is 10.0. The summed E-state index contributed by atoms with van der Waals surface area (Å²) in [5.41, 5.74) is 4.47. The minimum atomic E-state index is -1.19. The molecule has 5 rings (SSSR count). The molecule has 3 heterocycles. The van der Waals surface area contributed by atoms with Gasteiger partial charge in [0, 0.05) is 30.7 Å². The molecule has 0 fully saturated rings. The Morgan fingerprint density at radius 1 is 1.08 bits per heavy atom. The quantitative estimate of drug-likeness (QED) is 0.340. The molecule has 0 spiro atoms. The average molecular weight is 524 g/mol. The van der Waals surface area contributed by atoms with Crippen LogP contribution in [-0.4, -0.2) is 25.6 Å². The first-order valence-electron chi connectivity index (χ1n) is 11.3. The molecule has 1 aliphatic rings. The highest BCUT2D eigenvalue weighted by Crippen LogP contribution is 2.32. The summed E-state index contributed by atoms with van der Waals surface area (Å²) in [4.78, 5) is 36.1. The molecular formula is C26H23Cl2N5O3. The molecule has 0 saturated carbocycles. The van der Waals surface area contributed by atoms with E-state index in [9.17, 15) is 14.7 Å². The molecule has 0 bridgehead atoms. The van der Waals surface area contributed by atoms with E-state index in [1.165, 1.54) is 6.07 Å². The number of carboxylic acid groups (broad SMARTS) is 1. The van der Waals surface area contributed by atoms with Crippen molar-refractivity contribution in [2.24, 2.45) is 7.05 Å². The smallest absolute Gasteiger partial charge is 0.356 e. The second kappa shape index (κ2) is 9.11. The fourth-order valence-electron chi connectivity index (χ4n) is 4.68. The van der Waals surface area contributed by atoms with Gasteiger partial charge in [-0.05, 0) is 60.9 Å². The van der Waals surface area contributed by atoms with Crippen molar-refractivity contribution in [3.8, 4) is 0 Å². The molecule has 10 heteroatoms. The Morgan fingerprint density at radius 3 is 2.58 bits per heavy atom. The highest BCUT2D eigenvalue weighted by Gasteiger charge is 2.25. The number of aromatic nitrogens is 3. The lowest BCUT2D eigenvalue weighted by molar-refractivity contribution is 0.0691. The zero-order valence-corrected chi connectivity index (χ0v) is 21.4. The third-order valence-electron chi connectivity index (χ3n) is 6.41. The number of carboxylic acids is 1. The van der Waals surface area contributed by atoms with Gasteiger partial charge in [0.1, 0.15) is 5.15 Å². The zero-order valence-electron chi connectivity index (χ0n) is 19.8. The van der Waals surface area contributed by atoms with Crippen LogP contribution >= 0.6 is 23.2 Å². The number of pyridine rings is 1. The van der Waals surface area contributed by atoms with Crippen molar-refractivity contribution >= 4 is 51.7 Å². The molecule has 0 unspecified atom stereocenters. The van der Waals surface area contributed by atoms with Gasteiger partial charge in [0.25, 0.3) is 5.56 Å². The van der Waals surface area contributed by atoms with E-state index in [0.717, 1.165) is 22.3 Å². The molecule has 8 nitrogen and oxygen atoms in total. The zero-order chi connectivity index (χ0) is 25.7. The first kappa shape index (κ1) is 24.1. The summed E-state index contributed by atoms with van der Waals surface area (Å²) in [6.07, 6.45) is 0. The monoisotopic (exact) mass is 523 g/mol. The standard InChI is InChI=1S/C26H23Cl2N5O3/c1-13-8-18(14(2)29-20-6-7-21(28)30-23(20)25(35)36)22-19(9-13)24(34)32(3)26(31-22)33-11-15-4-5-17(27)10-16(15)12-33/h4-10,14,29H,11-12H2,1-3H3,(H,35,36)/t14-/m1/s1.